The Labute approximate surface area is 134 Å². The summed E-state index contributed by atoms with van der Waals surface area (Å²) in [5, 5.41) is -0.140. The number of hydrogen-bond donors (Lipinski definition) is 0. The molecule has 0 saturated carbocycles. The highest BCUT2D eigenvalue weighted by atomic mass is 35.5. The van der Waals surface area contributed by atoms with Crippen LogP contribution in [0.25, 0.3) is 11.0 Å². The van der Waals surface area contributed by atoms with E-state index in [1.54, 1.807) is 6.07 Å². The Morgan fingerprint density at radius 3 is 2.57 bits per heavy atom. The molecule has 0 radical (unpaired) electrons. The third kappa shape index (κ3) is 3.50. The molecule has 116 valence electrons. The first kappa shape index (κ1) is 16.5. The molecule has 21 heavy (non-hydrogen) atoms. The molecule has 1 heterocycles. The monoisotopic (exact) mass is 331 g/mol. The quantitative estimate of drug-likeness (QED) is 0.744. The molecular weight excluding hydrogens is 312 g/mol. The van der Waals surface area contributed by atoms with E-state index in [0.717, 1.165) is 24.3 Å². The van der Waals surface area contributed by atoms with E-state index in [9.17, 15) is 4.39 Å². The molecule has 1 aromatic carbocycles. The SMILES string of the molecule is CC(Cl)c1nc2cc(F)c(Cl)cc2n1C(C)CCN(C)C. The van der Waals surface area contributed by atoms with E-state index in [-0.39, 0.29) is 16.4 Å². The highest BCUT2D eigenvalue weighted by Crippen LogP contribution is 2.31. The average Bonchev–Trinajstić information content (AvgIpc) is 2.75. The Morgan fingerprint density at radius 2 is 2.00 bits per heavy atom. The first-order chi connectivity index (χ1) is 9.81. The molecular formula is C15H20Cl2FN3. The maximum absolute atomic E-state index is 13.6. The second-order valence-electron chi connectivity index (χ2n) is 5.65. The number of rotatable bonds is 5. The van der Waals surface area contributed by atoms with Gasteiger partial charge in [-0.2, -0.15) is 0 Å². The minimum absolute atomic E-state index is 0.109. The van der Waals surface area contributed by atoms with E-state index >= 15 is 0 Å². The average molecular weight is 332 g/mol. The van der Waals surface area contributed by atoms with E-state index in [2.05, 4.69) is 21.4 Å². The second kappa shape index (κ2) is 6.51. The zero-order valence-corrected chi connectivity index (χ0v) is 14.2. The van der Waals surface area contributed by atoms with Crippen LogP contribution in [0, 0.1) is 5.82 Å². The van der Waals surface area contributed by atoms with Crippen LogP contribution >= 0.6 is 23.2 Å². The van der Waals surface area contributed by atoms with Gasteiger partial charge in [-0.3, -0.25) is 0 Å². The standard InChI is InChI=1S/C15H20Cl2FN3/c1-9(5-6-20(3)4)21-14-7-11(17)12(18)8-13(14)19-15(21)10(2)16/h7-10H,5-6H2,1-4H3. The number of aromatic nitrogens is 2. The molecule has 2 atom stereocenters. The smallest absolute Gasteiger partial charge is 0.144 e. The van der Waals surface area contributed by atoms with Crippen molar-refractivity contribution in [3.05, 3.63) is 28.8 Å². The molecule has 1 aromatic heterocycles. The molecule has 0 aliphatic rings. The molecule has 3 nitrogen and oxygen atoms in total. The van der Waals surface area contributed by atoms with Crippen LogP contribution in [0.4, 0.5) is 4.39 Å². The summed E-state index contributed by atoms with van der Waals surface area (Å²) in [6.45, 7) is 4.94. The molecule has 0 spiro atoms. The van der Waals surface area contributed by atoms with Crippen LogP contribution in [0.3, 0.4) is 0 Å². The molecule has 0 bridgehead atoms. The van der Waals surface area contributed by atoms with Crippen molar-refractivity contribution in [1.82, 2.24) is 14.5 Å². The van der Waals surface area contributed by atoms with Crippen molar-refractivity contribution in [3.8, 4) is 0 Å². The van der Waals surface area contributed by atoms with Crippen molar-refractivity contribution in [2.75, 3.05) is 20.6 Å². The largest absolute Gasteiger partial charge is 0.324 e. The van der Waals surface area contributed by atoms with Crippen LogP contribution in [0.5, 0.6) is 0 Å². The van der Waals surface area contributed by atoms with Crippen LogP contribution in [-0.4, -0.2) is 35.1 Å². The highest BCUT2D eigenvalue weighted by Gasteiger charge is 2.20. The van der Waals surface area contributed by atoms with Gasteiger partial charge in [-0.25, -0.2) is 9.37 Å². The van der Waals surface area contributed by atoms with Crippen LogP contribution in [0.2, 0.25) is 5.02 Å². The zero-order chi connectivity index (χ0) is 15.7. The van der Waals surface area contributed by atoms with Crippen molar-refractivity contribution in [2.24, 2.45) is 0 Å². The summed E-state index contributed by atoms with van der Waals surface area (Å²) in [6, 6.07) is 3.21. The maximum Gasteiger partial charge on any atom is 0.144 e. The minimum Gasteiger partial charge on any atom is -0.324 e. The van der Waals surface area contributed by atoms with Crippen LogP contribution in [-0.2, 0) is 0 Å². The first-order valence-electron chi connectivity index (χ1n) is 6.97. The Bertz CT molecular complexity index is 637. The van der Waals surface area contributed by atoms with E-state index in [4.69, 9.17) is 23.2 Å². The normalized spacial score (nSPS) is 14.9. The summed E-state index contributed by atoms with van der Waals surface area (Å²) < 4.78 is 15.7. The molecule has 0 N–H and O–H groups in total. The van der Waals surface area contributed by atoms with Crippen LogP contribution in [0.1, 0.15) is 37.5 Å². The third-order valence-corrected chi connectivity index (χ3v) is 4.03. The Kier molecular flexibility index (Phi) is 5.12. The lowest BCUT2D eigenvalue weighted by Crippen LogP contribution is -2.18. The summed E-state index contributed by atoms with van der Waals surface area (Å²) >= 11 is 12.2. The first-order valence-corrected chi connectivity index (χ1v) is 7.78. The fraction of sp³-hybridized carbons (Fsp3) is 0.533. The Hall–Kier alpha value is -0.840. The number of benzene rings is 1. The predicted octanol–water partition coefficient (Wildman–Crippen LogP) is 4.64. The van der Waals surface area contributed by atoms with Gasteiger partial charge in [0.25, 0.3) is 0 Å². The van der Waals surface area contributed by atoms with Gasteiger partial charge in [0.1, 0.15) is 11.6 Å². The topological polar surface area (TPSA) is 21.1 Å². The van der Waals surface area contributed by atoms with Gasteiger partial charge in [-0.05, 0) is 47.0 Å². The van der Waals surface area contributed by atoms with Gasteiger partial charge < -0.3 is 9.47 Å². The number of fused-ring (bicyclic) bond motifs is 1. The lowest BCUT2D eigenvalue weighted by atomic mass is 10.2. The lowest BCUT2D eigenvalue weighted by Gasteiger charge is -2.20. The van der Waals surface area contributed by atoms with Crippen molar-refractivity contribution in [1.29, 1.82) is 0 Å². The summed E-state index contributed by atoms with van der Waals surface area (Å²) in [6.07, 6.45) is 0.948. The summed E-state index contributed by atoms with van der Waals surface area (Å²) in [5.41, 5.74) is 1.42. The summed E-state index contributed by atoms with van der Waals surface area (Å²) in [5.74, 6) is 0.295. The number of alkyl halides is 1. The van der Waals surface area contributed by atoms with E-state index in [0.29, 0.717) is 5.52 Å². The van der Waals surface area contributed by atoms with Gasteiger partial charge in [0, 0.05) is 12.1 Å². The third-order valence-electron chi connectivity index (χ3n) is 3.55. The molecule has 0 fully saturated rings. The van der Waals surface area contributed by atoms with E-state index < -0.39 is 5.82 Å². The van der Waals surface area contributed by atoms with Crippen molar-refractivity contribution >= 4 is 34.2 Å². The molecule has 0 aliphatic carbocycles. The lowest BCUT2D eigenvalue weighted by molar-refractivity contribution is 0.357. The Morgan fingerprint density at radius 1 is 1.33 bits per heavy atom. The van der Waals surface area contributed by atoms with Gasteiger partial charge in [-0.1, -0.05) is 11.6 Å². The van der Waals surface area contributed by atoms with Gasteiger partial charge in [0.15, 0.2) is 0 Å². The molecule has 0 aliphatic heterocycles. The number of halogens is 3. The van der Waals surface area contributed by atoms with Crippen molar-refractivity contribution in [3.63, 3.8) is 0 Å². The zero-order valence-electron chi connectivity index (χ0n) is 12.7. The van der Waals surface area contributed by atoms with Crippen molar-refractivity contribution in [2.45, 2.75) is 31.7 Å². The second-order valence-corrected chi connectivity index (χ2v) is 6.71. The van der Waals surface area contributed by atoms with Crippen molar-refractivity contribution < 1.29 is 4.39 Å². The van der Waals surface area contributed by atoms with Crippen LogP contribution in [0.15, 0.2) is 12.1 Å². The number of imidazole rings is 1. The predicted molar refractivity (Wildman–Crippen MR) is 86.9 cm³/mol. The van der Waals surface area contributed by atoms with E-state index in [1.807, 2.05) is 21.0 Å². The highest BCUT2D eigenvalue weighted by molar-refractivity contribution is 6.31. The number of hydrogen-bond acceptors (Lipinski definition) is 2. The summed E-state index contributed by atoms with van der Waals surface area (Å²) in [7, 11) is 4.08. The minimum atomic E-state index is -0.455. The maximum atomic E-state index is 13.6. The Balaban J connectivity index is 2.52. The molecule has 0 amide bonds. The molecule has 2 unspecified atom stereocenters. The molecule has 0 saturated heterocycles. The van der Waals surface area contributed by atoms with Crippen LogP contribution < -0.4 is 0 Å². The van der Waals surface area contributed by atoms with Gasteiger partial charge in [0.05, 0.1) is 21.4 Å². The van der Waals surface area contributed by atoms with Gasteiger partial charge in [-0.15, -0.1) is 11.6 Å². The summed E-state index contributed by atoms with van der Waals surface area (Å²) in [4.78, 5) is 6.61. The molecule has 2 aromatic rings. The fourth-order valence-corrected chi connectivity index (χ4v) is 2.74. The fourth-order valence-electron chi connectivity index (χ4n) is 2.43. The molecule has 2 rings (SSSR count). The van der Waals surface area contributed by atoms with Gasteiger partial charge >= 0.3 is 0 Å². The number of nitrogens with zero attached hydrogens (tertiary/aromatic N) is 3. The molecule has 6 heteroatoms. The van der Waals surface area contributed by atoms with E-state index in [1.165, 1.54) is 6.07 Å². The van der Waals surface area contributed by atoms with Gasteiger partial charge in [0.2, 0.25) is 0 Å².